The Labute approximate surface area is 160 Å². The lowest BCUT2D eigenvalue weighted by Crippen LogP contribution is -2.28. The highest BCUT2D eigenvalue weighted by Gasteiger charge is 2.36. The molecule has 1 saturated heterocycles. The molecule has 1 heterocycles. The Hall–Kier alpha value is -2.82. The van der Waals surface area contributed by atoms with Gasteiger partial charge in [-0.15, -0.1) is 0 Å². The van der Waals surface area contributed by atoms with Crippen LogP contribution in [0, 0.1) is 5.92 Å². The van der Waals surface area contributed by atoms with E-state index in [0.29, 0.717) is 18.0 Å². The number of aryl methyl sites for hydroxylation is 1. The molecular formula is C22H26N2O3. The van der Waals surface area contributed by atoms with Crippen molar-refractivity contribution in [3.63, 3.8) is 0 Å². The van der Waals surface area contributed by atoms with Gasteiger partial charge in [0.1, 0.15) is 5.75 Å². The maximum atomic E-state index is 12.6. The van der Waals surface area contributed by atoms with Gasteiger partial charge in [-0.05, 0) is 42.7 Å². The van der Waals surface area contributed by atoms with Gasteiger partial charge in [0.25, 0.3) is 0 Å². The van der Waals surface area contributed by atoms with Crippen molar-refractivity contribution >= 4 is 23.2 Å². The second-order valence-electron chi connectivity index (χ2n) is 6.87. The number of hydrogen-bond donors (Lipinski definition) is 1. The molecule has 5 heteroatoms. The number of carbonyl (C=O) groups is 2. The van der Waals surface area contributed by atoms with Crippen molar-refractivity contribution in [2.45, 2.75) is 32.6 Å². The summed E-state index contributed by atoms with van der Waals surface area (Å²) in [6, 6.07) is 15.3. The smallest absolute Gasteiger partial charge is 0.229 e. The molecule has 2 aromatic rings. The number of hydrogen-bond acceptors (Lipinski definition) is 3. The third kappa shape index (κ3) is 4.48. The van der Waals surface area contributed by atoms with Crippen molar-refractivity contribution in [2.75, 3.05) is 23.9 Å². The summed E-state index contributed by atoms with van der Waals surface area (Å²) in [6.07, 6.45) is 3.58. The molecule has 27 heavy (non-hydrogen) atoms. The zero-order valence-corrected chi connectivity index (χ0v) is 15.9. The summed E-state index contributed by atoms with van der Waals surface area (Å²) in [5.74, 6) is 0.0772. The topological polar surface area (TPSA) is 58.6 Å². The van der Waals surface area contributed by atoms with Crippen LogP contribution in [0.15, 0.2) is 48.5 Å². The number of carbonyl (C=O) groups excluding carboxylic acids is 2. The van der Waals surface area contributed by atoms with Crippen molar-refractivity contribution in [2.24, 2.45) is 5.92 Å². The summed E-state index contributed by atoms with van der Waals surface area (Å²) in [5, 5.41) is 2.94. The van der Waals surface area contributed by atoms with E-state index in [-0.39, 0.29) is 24.2 Å². The van der Waals surface area contributed by atoms with Gasteiger partial charge >= 0.3 is 0 Å². The minimum atomic E-state index is -0.373. The SMILES string of the molecule is CCCCc1ccc(NC(=O)C2CC(=O)N(c3ccccc3OC)C2)cc1. The lowest BCUT2D eigenvalue weighted by atomic mass is 10.1. The fourth-order valence-electron chi connectivity index (χ4n) is 3.35. The Bertz CT molecular complexity index is 801. The van der Waals surface area contributed by atoms with E-state index < -0.39 is 0 Å². The summed E-state index contributed by atoms with van der Waals surface area (Å²) in [7, 11) is 1.58. The molecule has 1 fully saturated rings. The fraction of sp³-hybridized carbons (Fsp3) is 0.364. The fourth-order valence-corrected chi connectivity index (χ4v) is 3.35. The summed E-state index contributed by atoms with van der Waals surface area (Å²) in [6.45, 7) is 2.53. The van der Waals surface area contributed by atoms with Crippen LogP contribution in [0.25, 0.3) is 0 Å². The van der Waals surface area contributed by atoms with Crippen LogP contribution in [0.1, 0.15) is 31.7 Å². The van der Waals surface area contributed by atoms with Gasteiger partial charge in [0, 0.05) is 18.7 Å². The van der Waals surface area contributed by atoms with E-state index in [9.17, 15) is 9.59 Å². The summed E-state index contributed by atoms with van der Waals surface area (Å²) >= 11 is 0. The van der Waals surface area contributed by atoms with E-state index in [2.05, 4.69) is 12.2 Å². The molecule has 1 N–H and O–H groups in total. The van der Waals surface area contributed by atoms with Gasteiger partial charge in [-0.1, -0.05) is 37.6 Å². The Morgan fingerprint density at radius 1 is 1.19 bits per heavy atom. The quantitative estimate of drug-likeness (QED) is 0.805. The predicted octanol–water partition coefficient (Wildman–Crippen LogP) is 4.03. The van der Waals surface area contributed by atoms with Crippen LogP contribution in [0.5, 0.6) is 5.75 Å². The first kappa shape index (κ1) is 19.0. The average molecular weight is 366 g/mol. The molecule has 5 nitrogen and oxygen atoms in total. The van der Waals surface area contributed by atoms with Gasteiger partial charge < -0.3 is 15.0 Å². The van der Waals surface area contributed by atoms with E-state index in [0.717, 1.165) is 24.9 Å². The first-order valence-corrected chi connectivity index (χ1v) is 9.45. The van der Waals surface area contributed by atoms with E-state index in [1.54, 1.807) is 12.0 Å². The molecule has 2 amide bonds. The van der Waals surface area contributed by atoms with Crippen molar-refractivity contribution in [1.82, 2.24) is 0 Å². The molecule has 1 aliphatic heterocycles. The van der Waals surface area contributed by atoms with Crippen molar-refractivity contribution in [3.8, 4) is 5.75 Å². The number of benzene rings is 2. The van der Waals surface area contributed by atoms with Gasteiger partial charge in [-0.25, -0.2) is 0 Å². The van der Waals surface area contributed by atoms with Crippen LogP contribution in [0.3, 0.4) is 0 Å². The number of nitrogens with zero attached hydrogens (tertiary/aromatic N) is 1. The van der Waals surface area contributed by atoms with Gasteiger partial charge in [0.2, 0.25) is 11.8 Å². The minimum Gasteiger partial charge on any atom is -0.495 e. The highest BCUT2D eigenvalue weighted by atomic mass is 16.5. The molecule has 0 radical (unpaired) electrons. The first-order valence-electron chi connectivity index (χ1n) is 9.45. The highest BCUT2D eigenvalue weighted by Crippen LogP contribution is 2.33. The van der Waals surface area contributed by atoms with E-state index in [4.69, 9.17) is 4.74 Å². The average Bonchev–Trinajstić information content (AvgIpc) is 3.09. The number of nitrogens with one attached hydrogen (secondary N) is 1. The van der Waals surface area contributed by atoms with Crippen LogP contribution in [0.4, 0.5) is 11.4 Å². The van der Waals surface area contributed by atoms with Crippen LogP contribution < -0.4 is 15.0 Å². The van der Waals surface area contributed by atoms with Gasteiger partial charge in [0.05, 0.1) is 18.7 Å². The molecule has 1 unspecified atom stereocenters. The second kappa shape index (κ2) is 8.71. The Kier molecular flexibility index (Phi) is 6.12. The molecular weight excluding hydrogens is 340 g/mol. The molecule has 142 valence electrons. The molecule has 0 aliphatic carbocycles. The van der Waals surface area contributed by atoms with E-state index in [1.165, 1.54) is 5.56 Å². The lowest BCUT2D eigenvalue weighted by molar-refractivity contribution is -0.122. The maximum Gasteiger partial charge on any atom is 0.229 e. The third-order valence-corrected chi connectivity index (χ3v) is 4.91. The Balaban J connectivity index is 1.64. The van der Waals surface area contributed by atoms with Crippen molar-refractivity contribution < 1.29 is 14.3 Å². The van der Waals surface area contributed by atoms with Crippen molar-refractivity contribution in [3.05, 3.63) is 54.1 Å². The molecule has 3 rings (SSSR count). The van der Waals surface area contributed by atoms with Crippen LogP contribution in [0.2, 0.25) is 0 Å². The van der Waals surface area contributed by atoms with Gasteiger partial charge in [-0.3, -0.25) is 9.59 Å². The summed E-state index contributed by atoms with van der Waals surface area (Å²) in [4.78, 5) is 26.7. The third-order valence-electron chi connectivity index (χ3n) is 4.91. The summed E-state index contributed by atoms with van der Waals surface area (Å²) < 4.78 is 5.34. The normalized spacial score (nSPS) is 16.4. The maximum absolute atomic E-state index is 12.6. The number of amides is 2. The molecule has 0 saturated carbocycles. The predicted molar refractivity (Wildman–Crippen MR) is 107 cm³/mol. The van der Waals surface area contributed by atoms with Gasteiger partial charge in [-0.2, -0.15) is 0 Å². The molecule has 1 atom stereocenters. The largest absolute Gasteiger partial charge is 0.495 e. The molecule has 2 aromatic carbocycles. The van der Waals surface area contributed by atoms with Crippen LogP contribution in [-0.4, -0.2) is 25.5 Å². The second-order valence-corrected chi connectivity index (χ2v) is 6.87. The number of rotatable bonds is 7. The molecule has 0 aromatic heterocycles. The van der Waals surface area contributed by atoms with E-state index in [1.807, 2.05) is 48.5 Å². The standard InChI is InChI=1S/C22H26N2O3/c1-3-4-7-16-10-12-18(13-11-16)23-22(26)17-14-21(25)24(15-17)19-8-5-6-9-20(19)27-2/h5-6,8-13,17H,3-4,7,14-15H2,1-2H3,(H,23,26). The molecule has 0 spiro atoms. The number of unbranched alkanes of at least 4 members (excludes halogenated alkanes) is 1. The van der Waals surface area contributed by atoms with Crippen molar-refractivity contribution in [1.29, 1.82) is 0 Å². The Morgan fingerprint density at radius 3 is 2.63 bits per heavy atom. The number of para-hydroxylation sites is 2. The van der Waals surface area contributed by atoms with Gasteiger partial charge in [0.15, 0.2) is 0 Å². The lowest BCUT2D eigenvalue weighted by Gasteiger charge is -2.19. The zero-order valence-electron chi connectivity index (χ0n) is 15.9. The zero-order chi connectivity index (χ0) is 19.2. The van der Waals surface area contributed by atoms with Crippen LogP contribution >= 0.6 is 0 Å². The number of anilines is 2. The summed E-state index contributed by atoms with van der Waals surface area (Å²) in [5.41, 5.74) is 2.75. The van der Waals surface area contributed by atoms with Crippen LogP contribution in [-0.2, 0) is 16.0 Å². The molecule has 0 bridgehead atoms. The Morgan fingerprint density at radius 2 is 1.93 bits per heavy atom. The first-order chi connectivity index (χ1) is 13.1. The highest BCUT2D eigenvalue weighted by molar-refractivity contribution is 6.04. The number of methoxy groups -OCH3 is 1. The molecule has 1 aliphatic rings. The number of ether oxygens (including phenoxy) is 1. The minimum absolute atomic E-state index is 0.0606. The monoisotopic (exact) mass is 366 g/mol. The van der Waals surface area contributed by atoms with E-state index >= 15 is 0 Å².